The maximum Gasteiger partial charge on any atom is 0.151 e. The molecule has 4 unspecified atom stereocenters. The Bertz CT molecular complexity index is 241. The minimum Gasteiger partial charge on any atom is -0.394 e. The van der Waals surface area contributed by atoms with Crippen molar-refractivity contribution in [2.75, 3.05) is 6.61 Å². The summed E-state index contributed by atoms with van der Waals surface area (Å²) in [6, 6.07) is 0. The zero-order chi connectivity index (χ0) is 14.0. The molecule has 0 fully saturated rings. The van der Waals surface area contributed by atoms with E-state index in [-0.39, 0.29) is 6.29 Å². The molecule has 7 nitrogen and oxygen atoms in total. The average Bonchev–Trinajstić information content (AvgIpc) is 2.35. The van der Waals surface area contributed by atoms with Gasteiger partial charge in [0.15, 0.2) is 6.29 Å². The molecule has 0 aromatic carbocycles. The molecule has 0 aromatic heterocycles. The van der Waals surface area contributed by atoms with Crippen molar-refractivity contribution in [1.82, 2.24) is 0 Å². The number of carbonyl (C=O) groups excluding carboxylic acids is 2. The van der Waals surface area contributed by atoms with Crippen LogP contribution < -0.4 is 0 Å². The Balaban J connectivity index is 0. The smallest absolute Gasteiger partial charge is 0.151 e. The summed E-state index contributed by atoms with van der Waals surface area (Å²) in [7, 11) is 0. The molecule has 5 N–H and O–H groups in total. The fraction of sp³-hybridized carbons (Fsp3) is 0.600. The molecule has 0 bridgehead atoms. The number of aldehydes is 2. The summed E-state index contributed by atoms with van der Waals surface area (Å²) in [6.45, 7) is 4.21. The fourth-order valence-electron chi connectivity index (χ4n) is 0.618. The van der Waals surface area contributed by atoms with Crippen LogP contribution in [-0.4, -0.2) is 69.1 Å². The maximum absolute atomic E-state index is 9.90. The largest absolute Gasteiger partial charge is 0.394 e. The molecule has 7 heteroatoms. The molecule has 4 atom stereocenters. The van der Waals surface area contributed by atoms with E-state index in [0.29, 0.717) is 5.57 Å². The van der Waals surface area contributed by atoms with E-state index in [9.17, 15) is 9.59 Å². The van der Waals surface area contributed by atoms with Crippen LogP contribution in [0.1, 0.15) is 6.92 Å². The van der Waals surface area contributed by atoms with E-state index in [1.807, 2.05) is 0 Å². The van der Waals surface area contributed by atoms with Crippen molar-refractivity contribution in [3.63, 3.8) is 0 Å². The lowest BCUT2D eigenvalue weighted by Crippen LogP contribution is -2.46. The molecule has 0 spiro atoms. The van der Waals surface area contributed by atoms with Gasteiger partial charge < -0.3 is 30.3 Å². The second kappa shape index (κ2) is 10.1. The fourth-order valence-corrected chi connectivity index (χ4v) is 0.618. The van der Waals surface area contributed by atoms with E-state index in [1.165, 1.54) is 0 Å². The lowest BCUT2D eigenvalue weighted by Gasteiger charge is -2.22. The SMILES string of the molecule is C=C(C)C=O.O=CC(O)C(O)C(O)C(O)CO. The van der Waals surface area contributed by atoms with E-state index in [1.54, 1.807) is 6.92 Å². The third-order valence-electron chi connectivity index (χ3n) is 1.62. The number of hydrogen-bond acceptors (Lipinski definition) is 7. The lowest BCUT2D eigenvalue weighted by molar-refractivity contribution is -0.136. The average molecular weight is 250 g/mol. The Morgan fingerprint density at radius 1 is 1.18 bits per heavy atom. The highest BCUT2D eigenvalue weighted by molar-refractivity contribution is 5.70. The summed E-state index contributed by atoms with van der Waals surface area (Å²) in [6.07, 6.45) is -6.12. The molecule has 0 aliphatic carbocycles. The van der Waals surface area contributed by atoms with Crippen molar-refractivity contribution >= 4 is 12.6 Å². The van der Waals surface area contributed by atoms with Gasteiger partial charge in [0.1, 0.15) is 30.7 Å². The molecule has 0 saturated heterocycles. The number of hydrogen-bond donors (Lipinski definition) is 5. The van der Waals surface area contributed by atoms with Crippen molar-refractivity contribution in [2.45, 2.75) is 31.3 Å². The van der Waals surface area contributed by atoms with Crippen LogP contribution in [-0.2, 0) is 9.59 Å². The topological polar surface area (TPSA) is 135 Å². The van der Waals surface area contributed by atoms with Crippen molar-refractivity contribution in [3.8, 4) is 0 Å². The summed E-state index contributed by atoms with van der Waals surface area (Å²) in [5.74, 6) is 0. The molecule has 0 saturated carbocycles. The van der Waals surface area contributed by atoms with Crippen LogP contribution in [0.2, 0.25) is 0 Å². The van der Waals surface area contributed by atoms with Gasteiger partial charge >= 0.3 is 0 Å². The second-order valence-electron chi connectivity index (χ2n) is 3.32. The Kier molecular flexibility index (Phi) is 10.8. The van der Waals surface area contributed by atoms with Gasteiger partial charge in [0.25, 0.3) is 0 Å². The van der Waals surface area contributed by atoms with Crippen LogP contribution in [0.4, 0.5) is 0 Å². The van der Waals surface area contributed by atoms with E-state index >= 15 is 0 Å². The lowest BCUT2D eigenvalue weighted by atomic mass is 10.0. The minimum absolute atomic E-state index is 0.0258. The molecule has 0 aliphatic heterocycles. The predicted octanol–water partition coefficient (Wildman–Crippen LogP) is -2.62. The van der Waals surface area contributed by atoms with Crippen LogP contribution in [0, 0.1) is 0 Å². The van der Waals surface area contributed by atoms with Crippen LogP contribution in [0.25, 0.3) is 0 Å². The van der Waals surface area contributed by atoms with Gasteiger partial charge in [-0.1, -0.05) is 6.58 Å². The van der Waals surface area contributed by atoms with Crippen molar-refractivity contribution in [2.24, 2.45) is 0 Å². The number of aliphatic hydroxyl groups excluding tert-OH is 5. The molecule has 100 valence electrons. The van der Waals surface area contributed by atoms with Gasteiger partial charge in [0, 0.05) is 0 Å². The number of allylic oxidation sites excluding steroid dienone is 1. The highest BCUT2D eigenvalue weighted by Crippen LogP contribution is 2.02. The molecule has 0 rings (SSSR count). The number of aliphatic hydroxyl groups is 5. The Morgan fingerprint density at radius 2 is 1.59 bits per heavy atom. The van der Waals surface area contributed by atoms with E-state index in [4.69, 9.17) is 25.5 Å². The first-order valence-corrected chi connectivity index (χ1v) is 4.70. The highest BCUT2D eigenvalue weighted by Gasteiger charge is 2.29. The molecule has 0 aliphatic rings. The Labute approximate surface area is 98.6 Å². The van der Waals surface area contributed by atoms with Crippen LogP contribution in [0.3, 0.4) is 0 Å². The third kappa shape index (κ3) is 8.66. The Morgan fingerprint density at radius 3 is 1.82 bits per heavy atom. The van der Waals surface area contributed by atoms with Gasteiger partial charge in [-0.25, -0.2) is 0 Å². The second-order valence-corrected chi connectivity index (χ2v) is 3.32. The number of carbonyl (C=O) groups is 2. The van der Waals surface area contributed by atoms with E-state index < -0.39 is 31.0 Å². The minimum atomic E-state index is -1.79. The maximum atomic E-state index is 9.90. The monoisotopic (exact) mass is 250 g/mol. The third-order valence-corrected chi connectivity index (χ3v) is 1.62. The summed E-state index contributed by atoms with van der Waals surface area (Å²) < 4.78 is 0. The van der Waals surface area contributed by atoms with Crippen LogP contribution >= 0.6 is 0 Å². The van der Waals surface area contributed by atoms with Crippen LogP contribution in [0.5, 0.6) is 0 Å². The zero-order valence-corrected chi connectivity index (χ0v) is 9.43. The first-order valence-electron chi connectivity index (χ1n) is 4.70. The van der Waals surface area contributed by atoms with Crippen molar-refractivity contribution in [1.29, 1.82) is 0 Å². The normalized spacial score (nSPS) is 16.8. The molecule has 0 amide bonds. The van der Waals surface area contributed by atoms with Gasteiger partial charge in [-0.05, 0) is 12.5 Å². The van der Waals surface area contributed by atoms with Crippen LogP contribution in [0.15, 0.2) is 12.2 Å². The summed E-state index contributed by atoms with van der Waals surface area (Å²) in [4.78, 5) is 19.3. The first-order chi connectivity index (χ1) is 7.81. The van der Waals surface area contributed by atoms with Crippen molar-refractivity contribution < 1.29 is 35.1 Å². The summed E-state index contributed by atoms with van der Waals surface area (Å²) >= 11 is 0. The van der Waals surface area contributed by atoms with E-state index in [0.717, 1.165) is 6.29 Å². The molecular formula is C10H18O7. The predicted molar refractivity (Wildman–Crippen MR) is 58.1 cm³/mol. The van der Waals surface area contributed by atoms with Crippen molar-refractivity contribution in [3.05, 3.63) is 12.2 Å². The molecule has 0 heterocycles. The highest BCUT2D eigenvalue weighted by atomic mass is 16.4. The van der Waals surface area contributed by atoms with Gasteiger partial charge in [-0.15, -0.1) is 0 Å². The standard InChI is InChI=1S/C6H12O6.C4H6O/c7-1-3(9)5(11)6(12)4(10)2-8;1-4(2)3-5/h1,3-6,8-12H,2H2;3H,1H2,2H3. The number of rotatable bonds is 6. The molecule has 0 aromatic rings. The molecule has 0 radical (unpaired) electrons. The van der Waals surface area contributed by atoms with Gasteiger partial charge in [0.2, 0.25) is 0 Å². The molecular weight excluding hydrogens is 232 g/mol. The van der Waals surface area contributed by atoms with Gasteiger partial charge in [0.05, 0.1) is 6.61 Å². The quantitative estimate of drug-likeness (QED) is 0.257. The van der Waals surface area contributed by atoms with Gasteiger partial charge in [-0.3, -0.25) is 4.79 Å². The Hall–Kier alpha value is -1.12. The zero-order valence-electron chi connectivity index (χ0n) is 9.43. The summed E-state index contributed by atoms with van der Waals surface area (Å²) in [5, 5.41) is 43.5. The summed E-state index contributed by atoms with van der Waals surface area (Å²) in [5.41, 5.74) is 0.574. The van der Waals surface area contributed by atoms with Gasteiger partial charge in [-0.2, -0.15) is 0 Å². The van der Waals surface area contributed by atoms with E-state index in [2.05, 4.69) is 6.58 Å². The molecule has 17 heavy (non-hydrogen) atoms. The first kappa shape index (κ1) is 18.3.